The van der Waals surface area contributed by atoms with Crippen molar-refractivity contribution in [1.82, 2.24) is 0 Å². The maximum atomic E-state index is 7.15. The van der Waals surface area contributed by atoms with Gasteiger partial charge >= 0.3 is 0 Å². The fourth-order valence-electron chi connectivity index (χ4n) is 0.407. The van der Waals surface area contributed by atoms with E-state index in [1.54, 1.807) is 12.2 Å². The fraction of sp³-hybridized carbons (Fsp3) is 0. The van der Waals surface area contributed by atoms with Crippen LogP contribution in [0.3, 0.4) is 0 Å². The number of allylic oxidation sites excluding steroid dienone is 4. The molecule has 0 aliphatic carbocycles. The van der Waals surface area contributed by atoms with Gasteiger partial charge in [-0.05, 0) is 24.3 Å². The van der Waals surface area contributed by atoms with Crippen LogP contribution in [-0.2, 0) is 0 Å². The van der Waals surface area contributed by atoms with Crippen LogP contribution in [0.15, 0.2) is 42.6 Å². The summed E-state index contributed by atoms with van der Waals surface area (Å²) in [6.07, 6.45) is 6.07. The average Bonchev–Trinajstić information content (AvgIpc) is 2.06. The number of nitrogens with one attached hydrogen (secondary N) is 1. The highest BCUT2D eigenvalue weighted by Gasteiger charge is 1.84. The molecule has 0 aromatic rings. The smallest absolute Gasteiger partial charge is 0.0821 e. The molecular formula is C8H11N3. The van der Waals surface area contributed by atoms with Gasteiger partial charge in [0.05, 0.1) is 11.4 Å². The van der Waals surface area contributed by atoms with Gasteiger partial charge in [0.25, 0.3) is 0 Å². The van der Waals surface area contributed by atoms with Gasteiger partial charge in [-0.1, -0.05) is 13.2 Å². The largest absolute Gasteiger partial charge is 0.323 e. The highest BCUT2D eigenvalue weighted by Crippen LogP contribution is 1.83. The van der Waals surface area contributed by atoms with Crippen molar-refractivity contribution in [1.29, 1.82) is 5.41 Å². The van der Waals surface area contributed by atoms with Crippen LogP contribution in [0.25, 0.3) is 0 Å². The lowest BCUT2D eigenvalue weighted by atomic mass is 10.2. The second kappa shape index (κ2) is 5.17. The first-order valence-corrected chi connectivity index (χ1v) is 3.04. The van der Waals surface area contributed by atoms with Gasteiger partial charge < -0.3 is 11.3 Å². The number of rotatable bonds is 4. The predicted octanol–water partition coefficient (Wildman–Crippen LogP) is 1.25. The molecule has 0 aromatic carbocycles. The first-order chi connectivity index (χ1) is 5.24. The fourth-order valence-corrected chi connectivity index (χ4v) is 0.407. The minimum atomic E-state index is 0.313. The quantitative estimate of drug-likeness (QED) is 0.352. The second-order valence-corrected chi connectivity index (χ2v) is 1.75. The van der Waals surface area contributed by atoms with E-state index in [1.807, 2.05) is 0 Å². The Morgan fingerprint density at radius 2 is 1.91 bits per heavy atom. The second-order valence-electron chi connectivity index (χ2n) is 1.75. The SMILES string of the molecule is C=CC(=N)C=CC(C=C)=NN. The van der Waals surface area contributed by atoms with E-state index in [0.717, 1.165) is 0 Å². The normalized spacial score (nSPS) is 11.5. The van der Waals surface area contributed by atoms with E-state index in [4.69, 9.17) is 11.3 Å². The lowest BCUT2D eigenvalue weighted by Crippen LogP contribution is -1.94. The lowest BCUT2D eigenvalue weighted by Gasteiger charge is -1.87. The molecule has 0 heterocycles. The van der Waals surface area contributed by atoms with E-state index in [2.05, 4.69) is 18.3 Å². The predicted molar refractivity (Wildman–Crippen MR) is 48.9 cm³/mol. The van der Waals surface area contributed by atoms with Crippen LogP contribution in [0.2, 0.25) is 0 Å². The van der Waals surface area contributed by atoms with Crippen LogP contribution in [-0.4, -0.2) is 11.4 Å². The van der Waals surface area contributed by atoms with E-state index in [-0.39, 0.29) is 0 Å². The molecule has 58 valence electrons. The molecule has 0 amide bonds. The molecule has 3 heteroatoms. The van der Waals surface area contributed by atoms with Gasteiger partial charge in [0, 0.05) is 0 Å². The van der Waals surface area contributed by atoms with Crippen molar-refractivity contribution in [3.8, 4) is 0 Å². The van der Waals surface area contributed by atoms with Gasteiger partial charge in [0.2, 0.25) is 0 Å². The Kier molecular flexibility index (Phi) is 4.40. The highest BCUT2D eigenvalue weighted by atomic mass is 15.1. The van der Waals surface area contributed by atoms with E-state index in [1.165, 1.54) is 12.2 Å². The number of hydrogen-bond donors (Lipinski definition) is 2. The third-order valence-electron chi connectivity index (χ3n) is 1.01. The minimum Gasteiger partial charge on any atom is -0.323 e. The Hall–Kier alpha value is -1.64. The van der Waals surface area contributed by atoms with Crippen molar-refractivity contribution in [2.75, 3.05) is 0 Å². The number of nitrogens with zero attached hydrogens (tertiary/aromatic N) is 1. The molecule has 0 unspecified atom stereocenters. The molecule has 0 fully saturated rings. The molecule has 11 heavy (non-hydrogen) atoms. The van der Waals surface area contributed by atoms with Crippen LogP contribution in [0.4, 0.5) is 0 Å². The van der Waals surface area contributed by atoms with E-state index in [9.17, 15) is 0 Å². The van der Waals surface area contributed by atoms with Crippen molar-refractivity contribution >= 4 is 11.4 Å². The van der Waals surface area contributed by atoms with Crippen LogP contribution >= 0.6 is 0 Å². The zero-order valence-corrected chi connectivity index (χ0v) is 6.25. The molecular weight excluding hydrogens is 138 g/mol. The molecule has 3 nitrogen and oxygen atoms in total. The lowest BCUT2D eigenvalue weighted by molar-refractivity contribution is 1.25. The van der Waals surface area contributed by atoms with E-state index >= 15 is 0 Å². The van der Waals surface area contributed by atoms with Crippen molar-refractivity contribution < 1.29 is 0 Å². The summed E-state index contributed by atoms with van der Waals surface area (Å²) in [4.78, 5) is 0. The Morgan fingerprint density at radius 1 is 1.27 bits per heavy atom. The summed E-state index contributed by atoms with van der Waals surface area (Å²) in [5.74, 6) is 4.98. The Labute approximate surface area is 66.1 Å². The summed E-state index contributed by atoms with van der Waals surface area (Å²) < 4.78 is 0. The topological polar surface area (TPSA) is 62.2 Å². The molecule has 0 spiro atoms. The van der Waals surface area contributed by atoms with Gasteiger partial charge in [-0.3, -0.25) is 0 Å². The highest BCUT2D eigenvalue weighted by molar-refractivity contribution is 6.10. The van der Waals surface area contributed by atoms with Crippen molar-refractivity contribution in [2.45, 2.75) is 0 Å². The number of hydrogen-bond acceptors (Lipinski definition) is 3. The van der Waals surface area contributed by atoms with Gasteiger partial charge in [-0.15, -0.1) is 0 Å². The molecule has 0 rings (SSSR count). The molecule has 0 aliphatic rings. The zero-order valence-electron chi connectivity index (χ0n) is 6.25. The summed E-state index contributed by atoms with van der Waals surface area (Å²) >= 11 is 0. The first-order valence-electron chi connectivity index (χ1n) is 3.04. The molecule has 0 radical (unpaired) electrons. The standard InChI is InChI=1S/C8H11N3/c1-3-7(9)5-6-8(4-2)11-10/h3-6,9H,1-2,10H2. The van der Waals surface area contributed by atoms with Gasteiger partial charge in [0.1, 0.15) is 0 Å². The van der Waals surface area contributed by atoms with Crippen LogP contribution < -0.4 is 5.84 Å². The zero-order chi connectivity index (χ0) is 8.69. The van der Waals surface area contributed by atoms with Gasteiger partial charge in [-0.25, -0.2) is 0 Å². The summed E-state index contributed by atoms with van der Waals surface area (Å²) in [6, 6.07) is 0. The van der Waals surface area contributed by atoms with Gasteiger partial charge in [-0.2, -0.15) is 5.10 Å². The minimum absolute atomic E-state index is 0.313. The Morgan fingerprint density at radius 3 is 2.27 bits per heavy atom. The summed E-state index contributed by atoms with van der Waals surface area (Å²) in [7, 11) is 0. The third-order valence-corrected chi connectivity index (χ3v) is 1.01. The molecule has 0 saturated carbocycles. The van der Waals surface area contributed by atoms with Crippen LogP contribution in [0.5, 0.6) is 0 Å². The van der Waals surface area contributed by atoms with Crippen LogP contribution in [0, 0.1) is 5.41 Å². The number of nitrogens with two attached hydrogens (primary N) is 1. The molecule has 0 aliphatic heterocycles. The third kappa shape index (κ3) is 3.86. The van der Waals surface area contributed by atoms with Crippen molar-refractivity contribution in [2.24, 2.45) is 10.9 Å². The molecule has 3 N–H and O–H groups in total. The van der Waals surface area contributed by atoms with E-state index < -0.39 is 0 Å². The van der Waals surface area contributed by atoms with Gasteiger partial charge in [0.15, 0.2) is 0 Å². The summed E-state index contributed by atoms with van der Waals surface area (Å²) in [6.45, 7) is 6.89. The Balaban J connectivity index is 4.22. The van der Waals surface area contributed by atoms with E-state index in [0.29, 0.717) is 11.4 Å². The molecule has 0 bridgehead atoms. The van der Waals surface area contributed by atoms with Crippen molar-refractivity contribution in [3.05, 3.63) is 37.5 Å². The van der Waals surface area contributed by atoms with Crippen molar-refractivity contribution in [3.63, 3.8) is 0 Å². The van der Waals surface area contributed by atoms with Crippen LogP contribution in [0.1, 0.15) is 0 Å². The maximum Gasteiger partial charge on any atom is 0.0821 e. The molecule has 0 atom stereocenters. The number of hydrazone groups is 1. The summed E-state index contributed by atoms with van der Waals surface area (Å²) in [5, 5.41) is 10.5. The molecule has 0 saturated heterocycles. The first kappa shape index (κ1) is 9.36. The monoisotopic (exact) mass is 149 g/mol. The average molecular weight is 149 g/mol. The maximum absolute atomic E-state index is 7.15. The Bertz CT molecular complexity index is 223. The molecule has 0 aromatic heterocycles. The summed E-state index contributed by atoms with van der Waals surface area (Å²) in [5.41, 5.74) is 0.851.